The first kappa shape index (κ1) is 18.2. The number of amides is 3. The molecule has 2 fully saturated rings. The van der Waals surface area contributed by atoms with Crippen LogP contribution in [0, 0.1) is 30.6 Å². The number of nitrogens with zero attached hydrogens (tertiary/aromatic N) is 2. The van der Waals surface area contributed by atoms with Gasteiger partial charge in [0, 0.05) is 11.6 Å². The van der Waals surface area contributed by atoms with Gasteiger partial charge < -0.3 is 5.32 Å². The molecule has 5 unspecified atom stereocenters. The van der Waals surface area contributed by atoms with Crippen LogP contribution < -0.4 is 5.32 Å². The first-order valence-electron chi connectivity index (χ1n) is 9.84. The molecule has 1 N–H and O–H groups in total. The Balaban J connectivity index is 1.48. The van der Waals surface area contributed by atoms with Crippen LogP contribution in [0.2, 0.25) is 0 Å². The first-order chi connectivity index (χ1) is 14.0. The number of carbonyl (C=O) groups excluding carboxylic acids is 3. The van der Waals surface area contributed by atoms with E-state index in [1.807, 2.05) is 31.2 Å². The summed E-state index contributed by atoms with van der Waals surface area (Å²) in [5.74, 6) is -0.774. The molecule has 29 heavy (non-hydrogen) atoms. The van der Waals surface area contributed by atoms with Gasteiger partial charge in [0.05, 0.1) is 24.3 Å². The lowest BCUT2D eigenvalue weighted by Crippen LogP contribution is -2.38. The number of hydrogen-bond donors (Lipinski definition) is 1. The molecule has 3 amide bonds. The summed E-state index contributed by atoms with van der Waals surface area (Å²) in [5, 5.41) is 5.08. The zero-order valence-electron chi connectivity index (χ0n) is 15.9. The third-order valence-corrected chi connectivity index (χ3v) is 7.11. The Labute approximate surface area is 172 Å². The van der Waals surface area contributed by atoms with Crippen molar-refractivity contribution < 1.29 is 14.4 Å². The lowest BCUT2D eigenvalue weighted by Gasteiger charge is -2.29. The van der Waals surface area contributed by atoms with Gasteiger partial charge in [0.25, 0.3) is 0 Å². The minimum Gasteiger partial charge on any atom is -0.302 e. The summed E-state index contributed by atoms with van der Waals surface area (Å²) < 4.78 is 0. The maximum absolute atomic E-state index is 13.3. The third-order valence-electron chi connectivity index (χ3n) is 6.42. The standard InChI is InChI=1S/C22H21N3O3S/c1-12-4-2-3-5-15(12)16(11-17(26)24-22-23-8-9-29-22)25-20(27)18-13-6-7-14(10-13)19(18)21(25)28/h2-9,13-14,16,18-19H,10-11H2,1H3,(H,23,24,26). The molecule has 148 valence electrons. The number of aromatic nitrogens is 1. The quantitative estimate of drug-likeness (QED) is 0.609. The topological polar surface area (TPSA) is 79.4 Å². The molecule has 2 aromatic rings. The van der Waals surface area contributed by atoms with Crippen molar-refractivity contribution in [2.24, 2.45) is 23.7 Å². The van der Waals surface area contributed by atoms with Gasteiger partial charge in [-0.05, 0) is 36.3 Å². The number of imide groups is 1. The van der Waals surface area contributed by atoms with E-state index in [1.165, 1.54) is 16.2 Å². The number of fused-ring (bicyclic) bond motifs is 5. The average molecular weight is 407 g/mol. The Morgan fingerprint density at radius 2 is 1.90 bits per heavy atom. The van der Waals surface area contributed by atoms with E-state index in [9.17, 15) is 14.4 Å². The summed E-state index contributed by atoms with van der Waals surface area (Å²) in [6, 6.07) is 7.03. The van der Waals surface area contributed by atoms with Crippen LogP contribution in [0.15, 0.2) is 48.0 Å². The second kappa shape index (κ2) is 6.91. The molecule has 7 heteroatoms. The van der Waals surface area contributed by atoms with Crippen LogP contribution >= 0.6 is 11.3 Å². The third kappa shape index (κ3) is 2.92. The van der Waals surface area contributed by atoms with E-state index in [0.29, 0.717) is 5.13 Å². The molecule has 1 aromatic carbocycles. The molecular formula is C22H21N3O3S. The molecule has 5 rings (SSSR count). The van der Waals surface area contributed by atoms with Crippen molar-refractivity contribution in [2.75, 3.05) is 5.32 Å². The zero-order valence-corrected chi connectivity index (χ0v) is 16.8. The Morgan fingerprint density at radius 1 is 1.21 bits per heavy atom. The van der Waals surface area contributed by atoms with E-state index in [-0.39, 0.29) is 47.8 Å². The van der Waals surface area contributed by atoms with Gasteiger partial charge in [-0.3, -0.25) is 19.3 Å². The van der Waals surface area contributed by atoms with Gasteiger partial charge in [0.15, 0.2) is 5.13 Å². The van der Waals surface area contributed by atoms with Crippen molar-refractivity contribution in [3.05, 3.63) is 59.1 Å². The van der Waals surface area contributed by atoms with Gasteiger partial charge in [0.1, 0.15) is 0 Å². The number of allylic oxidation sites excluding steroid dienone is 2. The zero-order chi connectivity index (χ0) is 20.1. The van der Waals surface area contributed by atoms with Crippen molar-refractivity contribution >= 4 is 34.2 Å². The molecule has 0 spiro atoms. The number of benzene rings is 1. The number of rotatable bonds is 5. The van der Waals surface area contributed by atoms with E-state index in [4.69, 9.17) is 0 Å². The molecule has 1 aromatic heterocycles. The highest BCUT2D eigenvalue weighted by Gasteiger charge is 2.60. The van der Waals surface area contributed by atoms with Crippen molar-refractivity contribution in [3.8, 4) is 0 Å². The van der Waals surface area contributed by atoms with Gasteiger partial charge >= 0.3 is 0 Å². The Hall–Kier alpha value is -2.80. The minimum atomic E-state index is -0.610. The molecule has 2 aliphatic carbocycles. The van der Waals surface area contributed by atoms with E-state index >= 15 is 0 Å². The van der Waals surface area contributed by atoms with E-state index in [0.717, 1.165) is 17.5 Å². The minimum absolute atomic E-state index is 0.0180. The molecule has 1 saturated heterocycles. The Morgan fingerprint density at radius 3 is 2.52 bits per heavy atom. The maximum Gasteiger partial charge on any atom is 0.234 e. The fourth-order valence-corrected chi connectivity index (χ4v) is 5.71. The molecule has 2 heterocycles. The van der Waals surface area contributed by atoms with Crippen LogP contribution in [0.25, 0.3) is 0 Å². The number of anilines is 1. The van der Waals surface area contributed by atoms with Gasteiger partial charge in [-0.25, -0.2) is 4.98 Å². The summed E-state index contributed by atoms with van der Waals surface area (Å²) in [5.41, 5.74) is 1.79. The van der Waals surface area contributed by atoms with Crippen LogP contribution in [0.5, 0.6) is 0 Å². The molecule has 5 atom stereocenters. The van der Waals surface area contributed by atoms with Gasteiger partial charge in [-0.2, -0.15) is 0 Å². The Bertz CT molecular complexity index is 986. The number of likely N-dealkylation sites (tertiary alicyclic amines) is 1. The summed E-state index contributed by atoms with van der Waals surface area (Å²) in [6.45, 7) is 1.94. The van der Waals surface area contributed by atoms with E-state index < -0.39 is 6.04 Å². The van der Waals surface area contributed by atoms with Crippen molar-refractivity contribution in [1.29, 1.82) is 0 Å². The van der Waals surface area contributed by atoms with Gasteiger partial charge in [-0.15, -0.1) is 11.3 Å². The predicted octanol–water partition coefficient (Wildman–Crippen LogP) is 3.33. The van der Waals surface area contributed by atoms with Gasteiger partial charge in [0.2, 0.25) is 17.7 Å². The fraction of sp³-hybridized carbons (Fsp3) is 0.364. The maximum atomic E-state index is 13.3. The van der Waals surface area contributed by atoms with Gasteiger partial charge in [-0.1, -0.05) is 36.4 Å². The van der Waals surface area contributed by atoms with Crippen LogP contribution in [0.1, 0.15) is 30.0 Å². The number of thiazole rings is 1. The lowest BCUT2D eigenvalue weighted by molar-refractivity contribution is -0.144. The largest absolute Gasteiger partial charge is 0.302 e. The second-order valence-electron chi connectivity index (χ2n) is 8.01. The lowest BCUT2D eigenvalue weighted by atomic mass is 9.85. The number of aryl methyl sites for hydroxylation is 1. The highest BCUT2D eigenvalue weighted by molar-refractivity contribution is 7.13. The number of carbonyl (C=O) groups is 3. The van der Waals surface area contributed by atoms with E-state index in [2.05, 4.69) is 22.5 Å². The number of hydrogen-bond acceptors (Lipinski definition) is 5. The highest BCUT2D eigenvalue weighted by atomic mass is 32.1. The van der Waals surface area contributed by atoms with Crippen LogP contribution in [0.3, 0.4) is 0 Å². The van der Waals surface area contributed by atoms with Crippen molar-refractivity contribution in [1.82, 2.24) is 9.88 Å². The highest BCUT2D eigenvalue weighted by Crippen LogP contribution is 2.54. The summed E-state index contributed by atoms with van der Waals surface area (Å²) in [7, 11) is 0. The normalized spacial score (nSPS) is 28.1. The number of nitrogens with one attached hydrogen (secondary N) is 1. The molecule has 3 aliphatic rings. The fourth-order valence-electron chi connectivity index (χ4n) is 5.16. The van der Waals surface area contributed by atoms with Crippen molar-refractivity contribution in [3.63, 3.8) is 0 Å². The predicted molar refractivity (Wildman–Crippen MR) is 109 cm³/mol. The second-order valence-corrected chi connectivity index (χ2v) is 8.90. The summed E-state index contributed by atoms with van der Waals surface area (Å²) >= 11 is 1.33. The molecular weight excluding hydrogens is 386 g/mol. The smallest absolute Gasteiger partial charge is 0.234 e. The average Bonchev–Trinajstić information content (AvgIpc) is 3.47. The van der Waals surface area contributed by atoms with Crippen LogP contribution in [-0.4, -0.2) is 27.6 Å². The Kier molecular flexibility index (Phi) is 4.35. The van der Waals surface area contributed by atoms with Crippen LogP contribution in [0.4, 0.5) is 5.13 Å². The molecule has 0 radical (unpaired) electrons. The molecule has 1 saturated carbocycles. The summed E-state index contributed by atoms with van der Waals surface area (Å²) in [4.78, 5) is 44.9. The molecule has 1 aliphatic heterocycles. The van der Waals surface area contributed by atoms with Crippen LogP contribution in [-0.2, 0) is 14.4 Å². The van der Waals surface area contributed by atoms with Crippen molar-refractivity contribution in [2.45, 2.75) is 25.8 Å². The SMILES string of the molecule is Cc1ccccc1C(CC(=O)Nc1nccs1)N1C(=O)C2C3C=CC(C3)C2C1=O. The molecule has 6 nitrogen and oxygen atoms in total. The van der Waals surface area contributed by atoms with E-state index in [1.54, 1.807) is 11.6 Å². The summed E-state index contributed by atoms with van der Waals surface area (Å²) in [6.07, 6.45) is 6.69. The first-order valence-corrected chi connectivity index (χ1v) is 10.7. The monoisotopic (exact) mass is 407 g/mol. The molecule has 2 bridgehead atoms.